The van der Waals surface area contributed by atoms with E-state index < -0.39 is 0 Å². The first kappa shape index (κ1) is 38.3. The summed E-state index contributed by atoms with van der Waals surface area (Å²) >= 11 is 0. The van der Waals surface area contributed by atoms with Crippen molar-refractivity contribution in [3.8, 4) is 0 Å². The van der Waals surface area contributed by atoms with E-state index in [1.54, 1.807) is 6.08 Å². The molecule has 2 heteroatoms. The van der Waals surface area contributed by atoms with Gasteiger partial charge in [0.2, 0.25) is 0 Å². The predicted molar refractivity (Wildman–Crippen MR) is 237 cm³/mol. The van der Waals surface area contributed by atoms with Crippen molar-refractivity contribution in [1.82, 2.24) is 0 Å². The average molecular weight is 701 g/mol. The number of para-hydroxylation sites is 1. The summed E-state index contributed by atoms with van der Waals surface area (Å²) in [5.74, 6) is 0. The van der Waals surface area contributed by atoms with Crippen LogP contribution in [0.5, 0.6) is 0 Å². The van der Waals surface area contributed by atoms with Gasteiger partial charge in [0.05, 0.1) is 0 Å². The van der Waals surface area contributed by atoms with Crippen molar-refractivity contribution in [1.29, 1.82) is 0 Å². The first-order chi connectivity index (χ1) is 26.5. The van der Waals surface area contributed by atoms with E-state index in [2.05, 4.69) is 176 Å². The zero-order valence-electron chi connectivity index (χ0n) is 31.0. The van der Waals surface area contributed by atoms with Crippen molar-refractivity contribution in [2.45, 2.75) is 12.8 Å². The summed E-state index contributed by atoms with van der Waals surface area (Å²) in [7, 11) is 0. The minimum Gasteiger partial charge on any atom is -0.321 e. The minimum atomic E-state index is 0.801. The monoisotopic (exact) mass is 700 g/mol. The second kappa shape index (κ2) is 20.2. The molecule has 0 spiro atoms. The van der Waals surface area contributed by atoms with E-state index in [-0.39, 0.29) is 0 Å². The summed E-state index contributed by atoms with van der Waals surface area (Å²) in [6.45, 7) is 20.7. The zero-order valence-corrected chi connectivity index (χ0v) is 31.0. The van der Waals surface area contributed by atoms with E-state index >= 15 is 0 Å². The van der Waals surface area contributed by atoms with Crippen LogP contribution in [0, 0.1) is 0 Å². The Morgan fingerprint density at radius 2 is 1.19 bits per heavy atom. The highest BCUT2D eigenvalue weighted by Gasteiger charge is 2.14. The van der Waals surface area contributed by atoms with Crippen LogP contribution in [0.25, 0.3) is 17.2 Å². The van der Waals surface area contributed by atoms with Crippen molar-refractivity contribution in [2.24, 2.45) is 0 Å². The van der Waals surface area contributed by atoms with Crippen LogP contribution >= 0.6 is 0 Å². The van der Waals surface area contributed by atoms with Gasteiger partial charge in [-0.15, -0.1) is 0 Å². The maximum atomic E-state index is 4.47. The Hall–Kier alpha value is -6.90. The molecule has 4 aromatic carbocycles. The summed E-state index contributed by atoms with van der Waals surface area (Å²) in [5, 5.41) is 0. The van der Waals surface area contributed by atoms with E-state index in [9.17, 15) is 0 Å². The summed E-state index contributed by atoms with van der Waals surface area (Å²) in [6.07, 6.45) is 32.2. The third-order valence-corrected chi connectivity index (χ3v) is 8.94. The van der Waals surface area contributed by atoms with Crippen LogP contribution < -0.4 is 9.80 Å². The Morgan fingerprint density at radius 3 is 1.81 bits per heavy atom. The van der Waals surface area contributed by atoms with Crippen molar-refractivity contribution in [3.05, 3.63) is 273 Å². The van der Waals surface area contributed by atoms with Crippen LogP contribution in [0.4, 0.5) is 11.4 Å². The molecule has 0 bridgehead atoms. The molecule has 1 aliphatic carbocycles. The van der Waals surface area contributed by atoms with Gasteiger partial charge in [-0.1, -0.05) is 179 Å². The van der Waals surface area contributed by atoms with Gasteiger partial charge in [-0.05, 0) is 100 Å². The number of hydrogen-bond acceptors (Lipinski definition) is 2. The third-order valence-electron chi connectivity index (χ3n) is 8.94. The van der Waals surface area contributed by atoms with Crippen LogP contribution in [0.1, 0.15) is 29.5 Å². The number of allylic oxidation sites excluding steroid dienone is 17. The third kappa shape index (κ3) is 10.8. The van der Waals surface area contributed by atoms with Crippen molar-refractivity contribution >= 4 is 28.6 Å². The Balaban J connectivity index is 1.36. The Kier molecular flexibility index (Phi) is 14.4. The number of nitrogens with zero attached hydrogens (tertiary/aromatic N) is 2. The fourth-order valence-electron chi connectivity index (χ4n) is 6.00. The fourth-order valence-corrected chi connectivity index (χ4v) is 6.00. The van der Waals surface area contributed by atoms with Gasteiger partial charge in [-0.2, -0.15) is 0 Å². The highest BCUT2D eigenvalue weighted by Crippen LogP contribution is 2.31. The van der Waals surface area contributed by atoms with E-state index in [1.807, 2.05) is 66.9 Å². The topological polar surface area (TPSA) is 6.48 Å². The number of benzene rings is 4. The van der Waals surface area contributed by atoms with Crippen LogP contribution in [0.15, 0.2) is 256 Å². The van der Waals surface area contributed by atoms with Crippen LogP contribution in [0.3, 0.4) is 0 Å². The molecular weight excluding hydrogens is 653 g/mol. The lowest BCUT2D eigenvalue weighted by Gasteiger charge is -2.26. The molecule has 266 valence electrons. The second-order valence-corrected chi connectivity index (χ2v) is 12.5. The lowest BCUT2D eigenvalue weighted by atomic mass is 9.95. The highest BCUT2D eigenvalue weighted by molar-refractivity contribution is 5.77. The van der Waals surface area contributed by atoms with Gasteiger partial charge in [-0.3, -0.25) is 0 Å². The van der Waals surface area contributed by atoms with Gasteiger partial charge >= 0.3 is 0 Å². The lowest BCUT2D eigenvalue weighted by molar-refractivity contribution is 0.883. The Labute approximate surface area is 322 Å². The Morgan fingerprint density at radius 1 is 0.556 bits per heavy atom. The molecule has 0 saturated carbocycles. The fraction of sp³-hybridized carbons (Fsp3) is 0.0385. The van der Waals surface area contributed by atoms with Gasteiger partial charge in [0.15, 0.2) is 0 Å². The molecule has 0 N–H and O–H groups in total. The normalized spacial score (nSPS) is 13.6. The maximum absolute atomic E-state index is 4.47. The molecule has 0 unspecified atom stereocenters. The van der Waals surface area contributed by atoms with Gasteiger partial charge < -0.3 is 9.80 Å². The van der Waals surface area contributed by atoms with Crippen molar-refractivity contribution in [2.75, 3.05) is 9.80 Å². The smallest absolute Gasteiger partial charge is 0.0455 e. The van der Waals surface area contributed by atoms with E-state index in [1.165, 1.54) is 16.8 Å². The van der Waals surface area contributed by atoms with E-state index in [0.717, 1.165) is 57.8 Å². The largest absolute Gasteiger partial charge is 0.321 e. The summed E-state index contributed by atoms with van der Waals surface area (Å²) in [5.41, 5.74) is 11.7. The molecule has 1 aliphatic rings. The molecule has 0 radical (unpaired) electrons. The quantitative estimate of drug-likeness (QED) is 0.101. The summed E-state index contributed by atoms with van der Waals surface area (Å²) in [6, 6.07) is 39.4. The van der Waals surface area contributed by atoms with Crippen LogP contribution in [0.2, 0.25) is 0 Å². The number of anilines is 2. The van der Waals surface area contributed by atoms with Crippen LogP contribution in [-0.2, 0) is 0 Å². The first-order valence-corrected chi connectivity index (χ1v) is 18.1. The molecule has 54 heavy (non-hydrogen) atoms. The molecule has 0 aromatic heterocycles. The van der Waals surface area contributed by atoms with E-state index in [4.69, 9.17) is 0 Å². The predicted octanol–water partition coefficient (Wildman–Crippen LogP) is 14.0. The molecule has 0 aliphatic heterocycles. The maximum Gasteiger partial charge on any atom is 0.0455 e. The standard InChI is InChI=1S/C52H48N2/c1-6-21-45(7-2)49-34-38-51(39-35-49)53(41-20-27-46(8-3)48-25-14-10-15-26-48)43(5)31-30-42(4)47-32-36-52(37-33-47)54(50-28-16-11-17-29-50)40-19-18-24-44-22-12-9-13-23-44/h6-32,34-36,38-41H,1-5,33,37H2/b24-18-,31-30-,40-19+,41-20+,45-21+,46-27+. The van der Waals surface area contributed by atoms with Gasteiger partial charge in [0.25, 0.3) is 0 Å². The molecular formula is C52H48N2. The van der Waals surface area contributed by atoms with Gasteiger partial charge in [-0.25, -0.2) is 0 Å². The first-order valence-electron chi connectivity index (χ1n) is 18.1. The summed E-state index contributed by atoms with van der Waals surface area (Å²) < 4.78 is 0. The highest BCUT2D eigenvalue weighted by atomic mass is 15.1. The average Bonchev–Trinajstić information content (AvgIpc) is 3.23. The molecule has 5 rings (SSSR count). The molecule has 0 atom stereocenters. The Bertz CT molecular complexity index is 2160. The van der Waals surface area contributed by atoms with Gasteiger partial charge in [0, 0.05) is 35.2 Å². The minimum absolute atomic E-state index is 0.801. The molecule has 2 nitrogen and oxygen atoms in total. The van der Waals surface area contributed by atoms with Gasteiger partial charge in [0.1, 0.15) is 0 Å². The SMILES string of the molecule is C=C/C=C(\C=C)c1ccc(N(/C=C/C=C(\C=C)c2ccccc2)C(=C)/C=C\C(=C)C2=CC=C(N(/C=C/C=C\c3ccccc3)c3ccccc3)CC2)cc1. The van der Waals surface area contributed by atoms with Crippen molar-refractivity contribution < 1.29 is 0 Å². The second-order valence-electron chi connectivity index (χ2n) is 12.5. The number of rotatable bonds is 17. The molecule has 0 fully saturated rings. The van der Waals surface area contributed by atoms with Crippen molar-refractivity contribution in [3.63, 3.8) is 0 Å². The molecule has 0 amide bonds. The molecule has 0 heterocycles. The molecule has 4 aromatic rings. The van der Waals surface area contributed by atoms with Crippen LogP contribution in [-0.4, -0.2) is 0 Å². The lowest BCUT2D eigenvalue weighted by Crippen LogP contribution is -2.17. The summed E-state index contributed by atoms with van der Waals surface area (Å²) in [4.78, 5) is 4.33. The molecule has 0 saturated heterocycles. The number of hydrogen-bond donors (Lipinski definition) is 0. The van der Waals surface area contributed by atoms with E-state index in [0.29, 0.717) is 0 Å². The zero-order chi connectivity index (χ0) is 38.0.